The third-order valence-electron chi connectivity index (χ3n) is 3.94. The highest BCUT2D eigenvalue weighted by Crippen LogP contribution is 2.23. The topological polar surface area (TPSA) is 50.9 Å². The number of para-hydroxylation sites is 1. The second-order valence-corrected chi connectivity index (χ2v) is 6.06. The number of H-pyrrole nitrogens is 1. The van der Waals surface area contributed by atoms with Gasteiger partial charge in [0, 0.05) is 35.1 Å². The molecule has 0 unspecified atom stereocenters. The van der Waals surface area contributed by atoms with Crippen molar-refractivity contribution in [3.8, 4) is 0 Å². The van der Waals surface area contributed by atoms with Gasteiger partial charge in [-0.15, -0.1) is 0 Å². The van der Waals surface area contributed by atoms with Crippen LogP contribution in [0, 0.1) is 11.7 Å². The molecule has 0 amide bonds. The fourth-order valence-corrected chi connectivity index (χ4v) is 2.80. The molecule has 5 nitrogen and oxygen atoms in total. The summed E-state index contributed by atoms with van der Waals surface area (Å²) in [5.74, 6) is 1.08. The van der Waals surface area contributed by atoms with Crippen molar-refractivity contribution in [3.63, 3.8) is 0 Å². The lowest BCUT2D eigenvalue weighted by Crippen LogP contribution is -2.01. The van der Waals surface area contributed by atoms with Gasteiger partial charge in [-0.3, -0.25) is 5.10 Å². The number of aromatic amines is 1. The van der Waals surface area contributed by atoms with E-state index in [1.54, 1.807) is 4.68 Å². The van der Waals surface area contributed by atoms with Gasteiger partial charge in [-0.05, 0) is 25.2 Å². The fourth-order valence-electron chi connectivity index (χ4n) is 2.62. The predicted molar refractivity (Wildman–Crippen MR) is 92.1 cm³/mol. The van der Waals surface area contributed by atoms with Crippen molar-refractivity contribution in [1.29, 1.82) is 0 Å². The van der Waals surface area contributed by atoms with E-state index in [2.05, 4.69) is 59.8 Å². The van der Waals surface area contributed by atoms with E-state index in [1.807, 2.05) is 18.3 Å². The zero-order chi connectivity index (χ0) is 15.9. The minimum Gasteiger partial charge on any atom is -0.347 e. The highest BCUT2D eigenvalue weighted by atomic mass is 32.1. The Bertz CT molecular complexity index is 910. The van der Waals surface area contributed by atoms with E-state index in [0.717, 1.165) is 11.4 Å². The third-order valence-corrected chi connectivity index (χ3v) is 4.21. The summed E-state index contributed by atoms with van der Waals surface area (Å²) in [4.78, 5) is 0. The average molecular weight is 313 g/mol. The van der Waals surface area contributed by atoms with Gasteiger partial charge in [0.2, 0.25) is 4.77 Å². The summed E-state index contributed by atoms with van der Waals surface area (Å²) in [5.41, 5.74) is 3.48. The van der Waals surface area contributed by atoms with Crippen molar-refractivity contribution in [1.82, 2.24) is 19.4 Å². The second kappa shape index (κ2) is 5.53. The molecule has 0 saturated heterocycles. The second-order valence-electron chi connectivity index (χ2n) is 5.67. The SMILES string of the molecule is Cc1c(/C=N\n2c(C(C)C)n[nH]c2=S)c2ccccc2n1C. The molecule has 3 rings (SSSR count). The molecule has 0 bridgehead atoms. The highest BCUT2D eigenvalue weighted by molar-refractivity contribution is 7.71. The lowest BCUT2D eigenvalue weighted by molar-refractivity contribution is 0.695. The summed E-state index contributed by atoms with van der Waals surface area (Å²) in [5, 5.41) is 12.8. The zero-order valence-electron chi connectivity index (χ0n) is 13.2. The van der Waals surface area contributed by atoms with Gasteiger partial charge >= 0.3 is 0 Å². The van der Waals surface area contributed by atoms with Gasteiger partial charge in [0.15, 0.2) is 5.82 Å². The van der Waals surface area contributed by atoms with Crippen molar-refractivity contribution in [2.24, 2.45) is 12.1 Å². The summed E-state index contributed by atoms with van der Waals surface area (Å²) in [6.45, 7) is 6.24. The number of rotatable bonds is 3. The molecule has 3 aromatic rings. The molecule has 0 aliphatic carbocycles. The van der Waals surface area contributed by atoms with Crippen molar-refractivity contribution < 1.29 is 0 Å². The normalized spacial score (nSPS) is 12.0. The summed E-state index contributed by atoms with van der Waals surface area (Å²) < 4.78 is 4.38. The molecule has 1 N–H and O–H groups in total. The Balaban J connectivity index is 2.13. The molecule has 6 heteroatoms. The van der Waals surface area contributed by atoms with Gasteiger partial charge in [-0.2, -0.15) is 14.9 Å². The quantitative estimate of drug-likeness (QED) is 0.591. The molecule has 0 aliphatic rings. The first-order valence-corrected chi connectivity index (χ1v) is 7.67. The fraction of sp³-hybridized carbons (Fsp3) is 0.312. The van der Waals surface area contributed by atoms with Crippen LogP contribution >= 0.6 is 12.2 Å². The van der Waals surface area contributed by atoms with Crippen LogP contribution in [0.4, 0.5) is 0 Å². The maximum absolute atomic E-state index is 5.27. The van der Waals surface area contributed by atoms with Crippen molar-refractivity contribution >= 4 is 29.3 Å². The Kier molecular flexibility index (Phi) is 3.70. The Morgan fingerprint density at radius 1 is 1.32 bits per heavy atom. The van der Waals surface area contributed by atoms with Crippen LogP contribution in [-0.2, 0) is 7.05 Å². The van der Waals surface area contributed by atoms with Crippen LogP contribution in [0.5, 0.6) is 0 Å². The lowest BCUT2D eigenvalue weighted by atomic mass is 10.1. The molecule has 2 aromatic heterocycles. The maximum atomic E-state index is 5.27. The number of nitrogens with zero attached hydrogens (tertiary/aromatic N) is 4. The van der Waals surface area contributed by atoms with Gasteiger partial charge in [-0.1, -0.05) is 32.0 Å². The van der Waals surface area contributed by atoms with Gasteiger partial charge < -0.3 is 4.57 Å². The Labute approximate surface area is 134 Å². The van der Waals surface area contributed by atoms with Crippen LogP contribution in [-0.4, -0.2) is 25.7 Å². The number of hydrogen-bond donors (Lipinski definition) is 1. The molecule has 0 saturated carbocycles. The van der Waals surface area contributed by atoms with E-state index in [9.17, 15) is 0 Å². The molecule has 2 heterocycles. The molecular weight excluding hydrogens is 294 g/mol. The van der Waals surface area contributed by atoms with Gasteiger partial charge in [0.1, 0.15) is 0 Å². The summed E-state index contributed by atoms with van der Waals surface area (Å²) in [6, 6.07) is 8.32. The maximum Gasteiger partial charge on any atom is 0.216 e. The summed E-state index contributed by atoms with van der Waals surface area (Å²) >= 11 is 5.27. The van der Waals surface area contributed by atoms with Crippen LogP contribution in [0.25, 0.3) is 10.9 Å². The van der Waals surface area contributed by atoms with Crippen LogP contribution < -0.4 is 0 Å². The Morgan fingerprint density at radius 3 is 2.77 bits per heavy atom. The molecule has 0 radical (unpaired) electrons. The smallest absolute Gasteiger partial charge is 0.216 e. The van der Waals surface area contributed by atoms with Crippen molar-refractivity contribution in [2.45, 2.75) is 26.7 Å². The van der Waals surface area contributed by atoms with Gasteiger partial charge in [-0.25, -0.2) is 0 Å². The lowest BCUT2D eigenvalue weighted by Gasteiger charge is -2.03. The first kappa shape index (κ1) is 14.7. The van der Waals surface area contributed by atoms with E-state index in [-0.39, 0.29) is 5.92 Å². The Morgan fingerprint density at radius 2 is 2.05 bits per heavy atom. The average Bonchev–Trinajstić information content (AvgIpc) is 2.98. The number of fused-ring (bicyclic) bond motifs is 1. The predicted octanol–water partition coefficient (Wildman–Crippen LogP) is 3.75. The first-order chi connectivity index (χ1) is 10.5. The minimum absolute atomic E-state index is 0.249. The van der Waals surface area contributed by atoms with E-state index in [0.29, 0.717) is 4.77 Å². The van der Waals surface area contributed by atoms with E-state index >= 15 is 0 Å². The molecule has 1 aromatic carbocycles. The molecule has 0 fully saturated rings. The number of nitrogens with one attached hydrogen (secondary N) is 1. The standard InChI is InChI=1S/C16H19N5S/c1-10(2)15-18-19-16(22)21(15)17-9-13-11(3)20(4)14-8-6-5-7-12(13)14/h5-10H,1-4H3,(H,19,22)/b17-9-. The van der Waals surface area contributed by atoms with Crippen molar-refractivity contribution in [2.75, 3.05) is 0 Å². The van der Waals surface area contributed by atoms with Gasteiger partial charge in [0.05, 0.1) is 6.21 Å². The number of aryl methyl sites for hydroxylation is 1. The Hall–Kier alpha value is -2.21. The van der Waals surface area contributed by atoms with Gasteiger partial charge in [0.25, 0.3) is 0 Å². The summed E-state index contributed by atoms with van der Waals surface area (Å²) in [7, 11) is 2.07. The summed E-state index contributed by atoms with van der Waals surface area (Å²) in [6.07, 6.45) is 1.87. The van der Waals surface area contributed by atoms with E-state index in [1.165, 1.54) is 16.6 Å². The van der Waals surface area contributed by atoms with E-state index in [4.69, 9.17) is 12.2 Å². The number of hydrogen-bond acceptors (Lipinski definition) is 3. The first-order valence-electron chi connectivity index (χ1n) is 7.26. The molecule has 114 valence electrons. The van der Waals surface area contributed by atoms with Crippen LogP contribution in [0.3, 0.4) is 0 Å². The third kappa shape index (κ3) is 2.29. The molecular formula is C16H19N5S. The zero-order valence-corrected chi connectivity index (χ0v) is 14.0. The molecule has 22 heavy (non-hydrogen) atoms. The highest BCUT2D eigenvalue weighted by Gasteiger charge is 2.11. The largest absolute Gasteiger partial charge is 0.347 e. The van der Waals surface area contributed by atoms with Crippen LogP contribution in [0.1, 0.15) is 36.8 Å². The van der Waals surface area contributed by atoms with Crippen molar-refractivity contribution in [3.05, 3.63) is 46.1 Å². The monoisotopic (exact) mass is 313 g/mol. The van der Waals surface area contributed by atoms with Crippen LogP contribution in [0.15, 0.2) is 29.4 Å². The van der Waals surface area contributed by atoms with E-state index < -0.39 is 0 Å². The molecule has 0 atom stereocenters. The molecule has 0 spiro atoms. The number of aromatic nitrogens is 4. The molecule has 0 aliphatic heterocycles. The number of benzene rings is 1. The van der Waals surface area contributed by atoms with Crippen LogP contribution in [0.2, 0.25) is 0 Å². The minimum atomic E-state index is 0.249.